The molecule has 1 atom stereocenters. The van der Waals surface area contributed by atoms with E-state index < -0.39 is 0 Å². The van der Waals surface area contributed by atoms with Gasteiger partial charge in [-0.3, -0.25) is 0 Å². The van der Waals surface area contributed by atoms with Crippen LogP contribution in [-0.2, 0) is 0 Å². The lowest BCUT2D eigenvalue weighted by atomic mass is 9.99. The highest BCUT2D eigenvalue weighted by atomic mass is 14.0. The third kappa shape index (κ3) is 5.69. The van der Waals surface area contributed by atoms with Crippen molar-refractivity contribution in [3.05, 3.63) is 6.92 Å². The van der Waals surface area contributed by atoms with E-state index in [1.807, 2.05) is 0 Å². The molecule has 1 radical (unpaired) electrons. The number of unbranched alkanes of at least 4 members (excludes halogenated alkanes) is 1. The van der Waals surface area contributed by atoms with Gasteiger partial charge in [0.25, 0.3) is 0 Å². The Morgan fingerprint density at radius 1 is 1.50 bits per heavy atom. The van der Waals surface area contributed by atoms with Crippen molar-refractivity contribution in [1.29, 1.82) is 0 Å². The van der Waals surface area contributed by atoms with Crippen LogP contribution in [0.1, 0.15) is 39.0 Å². The molecule has 0 rings (SSSR count). The van der Waals surface area contributed by atoms with Gasteiger partial charge in [-0.25, -0.2) is 0 Å². The first kappa shape index (κ1) is 9.56. The minimum atomic E-state index is 0.790. The predicted molar refractivity (Wildman–Crippen MR) is 46.4 cm³/mol. The second-order valence-electron chi connectivity index (χ2n) is 2.84. The smallest absolute Gasteiger partial charge is 0.00885 e. The Balaban J connectivity index is 3.10. The minimum Gasteiger partial charge on any atom is -0.120 e. The zero-order chi connectivity index (χ0) is 7.82. The average molecular weight is 137 g/mol. The second kappa shape index (κ2) is 6.68. The van der Waals surface area contributed by atoms with Crippen LogP contribution in [0.2, 0.25) is 0 Å². The summed E-state index contributed by atoms with van der Waals surface area (Å²) in [6.07, 6.45) is 10.8. The Hall–Kier alpha value is -0.440. The van der Waals surface area contributed by atoms with Gasteiger partial charge in [0.05, 0.1) is 0 Å². The molecule has 0 saturated heterocycles. The summed E-state index contributed by atoms with van der Waals surface area (Å²) in [5, 5.41) is 0. The van der Waals surface area contributed by atoms with Crippen molar-refractivity contribution in [2.45, 2.75) is 39.0 Å². The maximum Gasteiger partial charge on any atom is 0.00885 e. The van der Waals surface area contributed by atoms with Crippen LogP contribution in [0, 0.1) is 25.2 Å². The number of terminal acetylenes is 1. The molecule has 0 aromatic rings. The van der Waals surface area contributed by atoms with E-state index in [1.54, 1.807) is 0 Å². The van der Waals surface area contributed by atoms with Crippen molar-refractivity contribution in [3.8, 4) is 12.3 Å². The third-order valence-electron chi connectivity index (χ3n) is 1.73. The van der Waals surface area contributed by atoms with E-state index in [0.717, 1.165) is 18.8 Å². The lowest BCUT2D eigenvalue weighted by Gasteiger charge is -2.06. The largest absolute Gasteiger partial charge is 0.120 e. The molecule has 10 heavy (non-hydrogen) atoms. The molecule has 0 aliphatic carbocycles. The van der Waals surface area contributed by atoms with Gasteiger partial charge in [-0.05, 0) is 12.3 Å². The lowest BCUT2D eigenvalue weighted by Crippen LogP contribution is -1.92. The third-order valence-corrected chi connectivity index (χ3v) is 1.73. The van der Waals surface area contributed by atoms with Gasteiger partial charge in [-0.1, -0.05) is 33.1 Å². The predicted octanol–water partition coefficient (Wildman–Crippen LogP) is 3.04. The Labute approximate surface area is 65.0 Å². The highest BCUT2D eigenvalue weighted by Crippen LogP contribution is 2.12. The molecule has 0 aliphatic heterocycles. The van der Waals surface area contributed by atoms with Gasteiger partial charge in [0.15, 0.2) is 0 Å². The molecule has 1 unspecified atom stereocenters. The van der Waals surface area contributed by atoms with E-state index in [9.17, 15) is 0 Å². The Kier molecular flexibility index (Phi) is 6.38. The van der Waals surface area contributed by atoms with Gasteiger partial charge in [-0.15, -0.1) is 12.3 Å². The Morgan fingerprint density at radius 2 is 2.20 bits per heavy atom. The van der Waals surface area contributed by atoms with E-state index in [0.29, 0.717) is 0 Å². The molecule has 0 saturated carbocycles. The zero-order valence-electron chi connectivity index (χ0n) is 6.90. The summed E-state index contributed by atoms with van der Waals surface area (Å²) in [6, 6.07) is 0. The zero-order valence-corrected chi connectivity index (χ0v) is 6.90. The molecule has 0 amide bonds. The second-order valence-corrected chi connectivity index (χ2v) is 2.84. The first-order chi connectivity index (χ1) is 4.81. The summed E-state index contributed by atoms with van der Waals surface area (Å²) < 4.78 is 0. The first-order valence-corrected chi connectivity index (χ1v) is 4.04. The van der Waals surface area contributed by atoms with E-state index in [1.165, 1.54) is 19.3 Å². The van der Waals surface area contributed by atoms with Gasteiger partial charge in [0, 0.05) is 6.42 Å². The maximum atomic E-state index is 5.14. The molecule has 0 fully saturated rings. The summed E-state index contributed by atoms with van der Waals surface area (Å²) in [6.45, 7) is 6.05. The van der Waals surface area contributed by atoms with Crippen LogP contribution in [0.25, 0.3) is 0 Å². The molecule has 0 aromatic heterocycles. The summed E-state index contributed by atoms with van der Waals surface area (Å²) >= 11 is 0. The summed E-state index contributed by atoms with van der Waals surface area (Å²) in [5.41, 5.74) is 0. The van der Waals surface area contributed by atoms with Gasteiger partial charge in [-0.2, -0.15) is 0 Å². The van der Waals surface area contributed by atoms with Crippen LogP contribution in [-0.4, -0.2) is 0 Å². The normalized spacial score (nSPS) is 12.5. The summed E-state index contributed by atoms with van der Waals surface area (Å²) in [5.74, 6) is 3.45. The van der Waals surface area contributed by atoms with Crippen LogP contribution >= 0.6 is 0 Å². The molecule has 0 bridgehead atoms. The summed E-state index contributed by atoms with van der Waals surface area (Å²) in [4.78, 5) is 0. The standard InChI is InChI=1S/C10H17/c1-4-6-8-10(3)9-7-5-2/h1,10H,2,5-9H2,3H3. The molecule has 0 spiro atoms. The first-order valence-electron chi connectivity index (χ1n) is 4.04. The van der Waals surface area contributed by atoms with Gasteiger partial charge in [0.1, 0.15) is 0 Å². The highest BCUT2D eigenvalue weighted by Gasteiger charge is 1.98. The molecule has 0 aliphatic rings. The Morgan fingerprint density at radius 3 is 2.70 bits per heavy atom. The van der Waals surface area contributed by atoms with E-state index in [-0.39, 0.29) is 0 Å². The lowest BCUT2D eigenvalue weighted by molar-refractivity contribution is 0.484. The van der Waals surface area contributed by atoms with Crippen molar-refractivity contribution < 1.29 is 0 Å². The molecular formula is C10H17. The molecule has 57 valence electrons. The fourth-order valence-corrected chi connectivity index (χ4v) is 0.967. The SMILES string of the molecule is C#CCCC(C)CCC[CH2]. The summed E-state index contributed by atoms with van der Waals surface area (Å²) in [7, 11) is 0. The number of hydrogen-bond acceptors (Lipinski definition) is 0. The van der Waals surface area contributed by atoms with E-state index >= 15 is 0 Å². The number of rotatable bonds is 5. The van der Waals surface area contributed by atoms with Crippen LogP contribution < -0.4 is 0 Å². The molecule has 0 heteroatoms. The average Bonchev–Trinajstić information content (AvgIpc) is 1.97. The molecular weight excluding hydrogens is 120 g/mol. The van der Waals surface area contributed by atoms with E-state index in [2.05, 4.69) is 19.8 Å². The van der Waals surface area contributed by atoms with Crippen molar-refractivity contribution >= 4 is 0 Å². The van der Waals surface area contributed by atoms with Gasteiger partial charge in [0.2, 0.25) is 0 Å². The van der Waals surface area contributed by atoms with Crippen molar-refractivity contribution in [3.63, 3.8) is 0 Å². The van der Waals surface area contributed by atoms with Crippen molar-refractivity contribution in [2.24, 2.45) is 5.92 Å². The topological polar surface area (TPSA) is 0 Å². The molecule has 0 aromatic carbocycles. The van der Waals surface area contributed by atoms with Crippen LogP contribution in [0.5, 0.6) is 0 Å². The fourth-order valence-electron chi connectivity index (χ4n) is 0.967. The maximum absolute atomic E-state index is 5.14. The monoisotopic (exact) mass is 137 g/mol. The molecule has 0 heterocycles. The fraction of sp³-hybridized carbons (Fsp3) is 0.700. The van der Waals surface area contributed by atoms with Crippen molar-refractivity contribution in [1.82, 2.24) is 0 Å². The van der Waals surface area contributed by atoms with Gasteiger partial charge < -0.3 is 0 Å². The van der Waals surface area contributed by atoms with E-state index in [4.69, 9.17) is 6.42 Å². The van der Waals surface area contributed by atoms with Crippen LogP contribution in [0.4, 0.5) is 0 Å². The molecule has 0 nitrogen and oxygen atoms in total. The quantitative estimate of drug-likeness (QED) is 0.511. The van der Waals surface area contributed by atoms with Crippen LogP contribution in [0.3, 0.4) is 0 Å². The Bertz CT molecular complexity index is 97.1. The van der Waals surface area contributed by atoms with Crippen LogP contribution in [0.15, 0.2) is 0 Å². The number of hydrogen-bond donors (Lipinski definition) is 0. The van der Waals surface area contributed by atoms with Gasteiger partial charge >= 0.3 is 0 Å². The van der Waals surface area contributed by atoms with Crippen molar-refractivity contribution in [2.75, 3.05) is 0 Å². The minimum absolute atomic E-state index is 0.790. The molecule has 0 N–H and O–H groups in total. The highest BCUT2D eigenvalue weighted by molar-refractivity contribution is 4.83.